The molecule has 0 saturated heterocycles. The molecule has 0 unspecified atom stereocenters. The molecule has 1 amide bonds. The minimum atomic E-state index is -0.251. The average Bonchev–Trinajstić information content (AvgIpc) is 3.09. The lowest BCUT2D eigenvalue weighted by atomic mass is 9.92. The van der Waals surface area contributed by atoms with Gasteiger partial charge in [0.1, 0.15) is 5.69 Å². The molecule has 0 spiro atoms. The summed E-state index contributed by atoms with van der Waals surface area (Å²) in [5, 5.41) is 10.7. The Bertz CT molecular complexity index is 1020. The number of nitrogens with one attached hydrogen (secondary N) is 2. The highest BCUT2D eigenvalue weighted by atomic mass is 16.2. The molecular weight excluding hydrogens is 330 g/mol. The summed E-state index contributed by atoms with van der Waals surface area (Å²) in [6.07, 6.45) is 0.925. The molecule has 0 atom stereocenters. The number of aryl methyl sites for hydroxylation is 2. The van der Waals surface area contributed by atoms with Crippen LogP contribution in [0.1, 0.15) is 50.3 Å². The van der Waals surface area contributed by atoms with Gasteiger partial charge in [0.2, 0.25) is 0 Å². The van der Waals surface area contributed by atoms with Crippen molar-refractivity contribution in [1.82, 2.24) is 19.6 Å². The van der Waals surface area contributed by atoms with E-state index in [2.05, 4.69) is 43.2 Å². The molecule has 3 rings (SSSR count). The summed E-state index contributed by atoms with van der Waals surface area (Å²) >= 11 is 0. The van der Waals surface area contributed by atoms with Gasteiger partial charge in [-0.3, -0.25) is 24.1 Å². The Morgan fingerprint density at radius 1 is 1.27 bits per heavy atom. The second-order valence-corrected chi connectivity index (χ2v) is 7.57. The quantitative estimate of drug-likeness (QED) is 0.754. The molecule has 138 valence electrons. The molecule has 0 fully saturated rings. The molecule has 1 aromatic carbocycles. The molecule has 0 aliphatic heterocycles. The topological polar surface area (TPSA) is 84.7 Å². The van der Waals surface area contributed by atoms with Crippen molar-refractivity contribution < 1.29 is 4.79 Å². The van der Waals surface area contributed by atoms with Crippen LogP contribution in [0.2, 0.25) is 0 Å². The Morgan fingerprint density at radius 2 is 2.00 bits per heavy atom. The molecular formula is C19H25N5O2. The first-order valence-corrected chi connectivity index (χ1v) is 8.79. The van der Waals surface area contributed by atoms with Crippen LogP contribution in [0.3, 0.4) is 0 Å². The van der Waals surface area contributed by atoms with E-state index in [0.29, 0.717) is 16.8 Å². The number of rotatable bonds is 4. The van der Waals surface area contributed by atoms with Crippen LogP contribution < -0.4 is 10.9 Å². The van der Waals surface area contributed by atoms with Gasteiger partial charge in [0.05, 0.1) is 16.6 Å². The summed E-state index contributed by atoms with van der Waals surface area (Å²) in [5.41, 5.74) is 2.47. The number of carbonyl (C=O) groups excluding carboxylic acids is 1. The summed E-state index contributed by atoms with van der Waals surface area (Å²) in [4.78, 5) is 24.8. The lowest BCUT2D eigenvalue weighted by molar-refractivity contribution is 0.101. The number of anilines is 1. The fourth-order valence-corrected chi connectivity index (χ4v) is 2.92. The van der Waals surface area contributed by atoms with Gasteiger partial charge in [-0.2, -0.15) is 5.10 Å². The van der Waals surface area contributed by atoms with Crippen LogP contribution in [0.15, 0.2) is 29.1 Å². The molecule has 7 nitrogen and oxygen atoms in total. The summed E-state index contributed by atoms with van der Waals surface area (Å²) in [6, 6.07) is 7.17. The summed E-state index contributed by atoms with van der Waals surface area (Å²) in [6.45, 7) is 8.96. The van der Waals surface area contributed by atoms with Crippen molar-refractivity contribution in [2.45, 2.75) is 46.1 Å². The Hall–Kier alpha value is -2.83. The zero-order chi connectivity index (χ0) is 19.1. The van der Waals surface area contributed by atoms with Gasteiger partial charge in [0, 0.05) is 24.7 Å². The minimum Gasteiger partial charge on any atom is -0.321 e. The first-order valence-electron chi connectivity index (χ1n) is 8.79. The Balaban J connectivity index is 1.89. The van der Waals surface area contributed by atoms with Crippen molar-refractivity contribution in [3.63, 3.8) is 0 Å². The minimum absolute atomic E-state index is 0.134. The number of H-pyrrole nitrogens is 1. The van der Waals surface area contributed by atoms with Gasteiger partial charge in [0.25, 0.3) is 11.5 Å². The van der Waals surface area contributed by atoms with Crippen LogP contribution in [0.25, 0.3) is 10.9 Å². The van der Waals surface area contributed by atoms with Crippen LogP contribution in [-0.2, 0) is 19.0 Å². The summed E-state index contributed by atoms with van der Waals surface area (Å²) in [7, 11) is 1.75. The molecule has 0 radical (unpaired) electrons. The maximum Gasteiger partial charge on any atom is 0.273 e. The normalized spacial score (nSPS) is 11.9. The maximum absolute atomic E-state index is 12.6. The second-order valence-electron chi connectivity index (χ2n) is 7.57. The largest absolute Gasteiger partial charge is 0.321 e. The number of benzene rings is 1. The molecule has 26 heavy (non-hydrogen) atoms. The average molecular weight is 355 g/mol. The molecule has 2 N–H and O–H groups in total. The van der Waals surface area contributed by atoms with Gasteiger partial charge in [-0.1, -0.05) is 27.7 Å². The first kappa shape index (κ1) is 18.0. The van der Waals surface area contributed by atoms with Gasteiger partial charge < -0.3 is 5.32 Å². The molecule has 0 bridgehead atoms. The lowest BCUT2D eigenvalue weighted by Gasteiger charge is -2.13. The molecule has 2 heterocycles. The van der Waals surface area contributed by atoms with Crippen LogP contribution in [-0.4, -0.2) is 25.5 Å². The molecule has 7 heteroatoms. The zero-order valence-electron chi connectivity index (χ0n) is 15.9. The number of hydrogen-bond donors (Lipinski definition) is 2. The number of nitrogens with zero attached hydrogens (tertiary/aromatic N) is 3. The van der Waals surface area contributed by atoms with Crippen molar-refractivity contribution in [3.8, 4) is 0 Å². The van der Waals surface area contributed by atoms with Gasteiger partial charge in [-0.25, -0.2) is 0 Å². The van der Waals surface area contributed by atoms with Crippen LogP contribution in [0, 0.1) is 0 Å². The van der Waals surface area contributed by atoms with Crippen molar-refractivity contribution in [2.75, 3.05) is 5.32 Å². The number of hydrogen-bond acceptors (Lipinski definition) is 3. The molecule has 2 aromatic heterocycles. The molecule has 3 aromatic rings. The van der Waals surface area contributed by atoms with Crippen LogP contribution >= 0.6 is 0 Å². The maximum atomic E-state index is 12.6. The highest BCUT2D eigenvalue weighted by Gasteiger charge is 2.22. The third-order valence-corrected chi connectivity index (χ3v) is 4.35. The van der Waals surface area contributed by atoms with Crippen molar-refractivity contribution in [3.05, 3.63) is 46.0 Å². The third-order valence-electron chi connectivity index (χ3n) is 4.35. The van der Waals surface area contributed by atoms with E-state index in [-0.39, 0.29) is 16.9 Å². The number of carbonyl (C=O) groups is 1. The predicted octanol–water partition coefficient (Wildman–Crippen LogP) is 3.02. The number of aromatic nitrogens is 4. The standard InChI is InChI=1S/C19H25N5O2/c1-6-9-24-14-8-7-12(10-13(14)17(25)22-24)20-18(26)15-11-16(19(2,3)4)21-23(15)5/h7-8,10-11H,6,9H2,1-5H3,(H,20,26)(H,22,25). The zero-order valence-corrected chi connectivity index (χ0v) is 15.9. The van der Waals surface area contributed by atoms with E-state index in [1.54, 1.807) is 29.9 Å². The van der Waals surface area contributed by atoms with Crippen molar-refractivity contribution in [2.24, 2.45) is 7.05 Å². The van der Waals surface area contributed by atoms with Crippen LogP contribution in [0.4, 0.5) is 5.69 Å². The van der Waals surface area contributed by atoms with Gasteiger partial charge >= 0.3 is 0 Å². The second kappa shape index (κ2) is 6.48. The lowest BCUT2D eigenvalue weighted by Crippen LogP contribution is -2.16. The highest BCUT2D eigenvalue weighted by Crippen LogP contribution is 2.22. The van der Waals surface area contributed by atoms with E-state index < -0.39 is 0 Å². The van der Waals surface area contributed by atoms with Crippen LogP contribution in [0.5, 0.6) is 0 Å². The number of amides is 1. The van der Waals surface area contributed by atoms with Gasteiger partial charge in [-0.05, 0) is 30.7 Å². The third kappa shape index (κ3) is 3.29. The predicted molar refractivity (Wildman–Crippen MR) is 103 cm³/mol. The smallest absolute Gasteiger partial charge is 0.273 e. The Kier molecular flexibility index (Phi) is 4.48. The first-order chi connectivity index (χ1) is 12.2. The molecule has 0 aliphatic carbocycles. The highest BCUT2D eigenvalue weighted by molar-refractivity contribution is 6.04. The summed E-state index contributed by atoms with van der Waals surface area (Å²) < 4.78 is 3.42. The monoisotopic (exact) mass is 355 g/mol. The van der Waals surface area contributed by atoms with Gasteiger partial charge in [0.15, 0.2) is 0 Å². The fourth-order valence-electron chi connectivity index (χ4n) is 2.92. The van der Waals surface area contributed by atoms with E-state index in [0.717, 1.165) is 24.2 Å². The SMILES string of the molecule is CCCn1[nH]c(=O)c2cc(NC(=O)c3cc(C(C)(C)C)nn3C)ccc21. The van der Waals surface area contributed by atoms with E-state index >= 15 is 0 Å². The van der Waals surface area contributed by atoms with E-state index in [4.69, 9.17) is 0 Å². The Labute approximate surface area is 152 Å². The van der Waals surface area contributed by atoms with E-state index in [9.17, 15) is 9.59 Å². The van der Waals surface area contributed by atoms with Gasteiger partial charge in [-0.15, -0.1) is 0 Å². The van der Waals surface area contributed by atoms with E-state index in [1.807, 2.05) is 10.7 Å². The number of aromatic amines is 1. The summed E-state index contributed by atoms with van der Waals surface area (Å²) in [5.74, 6) is -0.251. The number of fused-ring (bicyclic) bond motifs is 1. The Morgan fingerprint density at radius 3 is 2.62 bits per heavy atom. The molecule has 0 saturated carbocycles. The molecule has 0 aliphatic rings. The van der Waals surface area contributed by atoms with E-state index in [1.165, 1.54) is 0 Å². The van der Waals surface area contributed by atoms with Crippen molar-refractivity contribution in [1.29, 1.82) is 0 Å². The fraction of sp³-hybridized carbons (Fsp3) is 0.421. The van der Waals surface area contributed by atoms with Crippen molar-refractivity contribution >= 4 is 22.5 Å².